The zero-order valence-corrected chi connectivity index (χ0v) is 12.2. The molecule has 3 N–H and O–H groups in total. The van der Waals surface area contributed by atoms with Crippen molar-refractivity contribution in [1.82, 2.24) is 10.2 Å². The number of rotatable bonds is 3. The maximum absolute atomic E-state index is 12.5. The first-order valence-electron chi connectivity index (χ1n) is 6.81. The Hall–Kier alpha value is -2.21. The van der Waals surface area contributed by atoms with E-state index >= 15 is 0 Å². The van der Waals surface area contributed by atoms with Crippen LogP contribution in [0.4, 0.5) is 0 Å². The number of piperazine rings is 1. The molecule has 0 unspecified atom stereocenters. The molecule has 0 aliphatic carbocycles. The van der Waals surface area contributed by atoms with Gasteiger partial charge in [0.1, 0.15) is 12.1 Å². The van der Waals surface area contributed by atoms with E-state index in [0.29, 0.717) is 12.1 Å². The van der Waals surface area contributed by atoms with Gasteiger partial charge in [-0.1, -0.05) is 12.1 Å². The van der Waals surface area contributed by atoms with Crippen LogP contribution in [0.1, 0.15) is 29.8 Å². The summed E-state index contributed by atoms with van der Waals surface area (Å²) in [5.41, 5.74) is 5.92. The molecule has 0 spiro atoms. The normalized spacial score (nSPS) is 17.6. The molecule has 3 amide bonds. The summed E-state index contributed by atoms with van der Waals surface area (Å²) in [5.74, 6) is -1.26. The topological polar surface area (TPSA) is 92.5 Å². The van der Waals surface area contributed by atoms with Gasteiger partial charge in [-0.2, -0.15) is 0 Å². The Bertz CT molecular complexity index is 578. The van der Waals surface area contributed by atoms with E-state index in [0.717, 1.165) is 12.0 Å². The van der Waals surface area contributed by atoms with E-state index < -0.39 is 17.4 Å². The van der Waals surface area contributed by atoms with E-state index in [2.05, 4.69) is 5.32 Å². The highest BCUT2D eigenvalue weighted by atomic mass is 16.2. The van der Waals surface area contributed by atoms with Crippen molar-refractivity contribution >= 4 is 17.7 Å². The van der Waals surface area contributed by atoms with Crippen LogP contribution in [0.2, 0.25) is 0 Å². The molecule has 1 aliphatic rings. The molecular weight excluding hydrogens is 270 g/mol. The van der Waals surface area contributed by atoms with Gasteiger partial charge >= 0.3 is 0 Å². The van der Waals surface area contributed by atoms with Gasteiger partial charge in [-0.25, -0.2) is 0 Å². The lowest BCUT2D eigenvalue weighted by Crippen LogP contribution is -2.65. The summed E-state index contributed by atoms with van der Waals surface area (Å²) in [5, 5.41) is 2.25. The van der Waals surface area contributed by atoms with Crippen molar-refractivity contribution in [2.24, 2.45) is 5.73 Å². The van der Waals surface area contributed by atoms with Gasteiger partial charge in [0.15, 0.2) is 0 Å². The van der Waals surface area contributed by atoms with E-state index in [4.69, 9.17) is 5.73 Å². The first kappa shape index (κ1) is 15.2. The Balaban J connectivity index is 2.25. The van der Waals surface area contributed by atoms with Gasteiger partial charge in [0.05, 0.1) is 0 Å². The van der Waals surface area contributed by atoms with Crippen LogP contribution in [-0.2, 0) is 16.0 Å². The highest BCUT2D eigenvalue weighted by Crippen LogP contribution is 2.21. The fourth-order valence-corrected chi connectivity index (χ4v) is 2.25. The molecule has 0 saturated carbocycles. The Morgan fingerprint density at radius 2 is 1.90 bits per heavy atom. The monoisotopic (exact) mass is 289 g/mol. The molecule has 1 fully saturated rings. The minimum atomic E-state index is -1.05. The van der Waals surface area contributed by atoms with Crippen molar-refractivity contribution < 1.29 is 14.4 Å². The van der Waals surface area contributed by atoms with Crippen molar-refractivity contribution in [3.8, 4) is 0 Å². The van der Waals surface area contributed by atoms with Crippen LogP contribution in [0.3, 0.4) is 0 Å². The molecule has 21 heavy (non-hydrogen) atoms. The highest BCUT2D eigenvalue weighted by molar-refractivity contribution is 6.08. The van der Waals surface area contributed by atoms with E-state index in [1.54, 1.807) is 26.0 Å². The van der Waals surface area contributed by atoms with Crippen molar-refractivity contribution in [2.45, 2.75) is 25.8 Å². The lowest BCUT2D eigenvalue weighted by atomic mass is 9.97. The number of hydrogen-bond acceptors (Lipinski definition) is 4. The fourth-order valence-electron chi connectivity index (χ4n) is 2.25. The Labute approximate surface area is 123 Å². The van der Waals surface area contributed by atoms with Crippen LogP contribution >= 0.6 is 0 Å². The molecule has 112 valence electrons. The third kappa shape index (κ3) is 2.95. The minimum absolute atomic E-state index is 0.123. The quantitative estimate of drug-likeness (QED) is 0.770. The number of nitrogens with zero attached hydrogens (tertiary/aromatic N) is 1. The molecule has 6 heteroatoms. The van der Waals surface area contributed by atoms with Crippen molar-refractivity contribution in [3.05, 3.63) is 35.4 Å². The number of nitrogens with one attached hydrogen (secondary N) is 1. The summed E-state index contributed by atoms with van der Waals surface area (Å²) in [6.07, 6.45) is 0.741. The van der Waals surface area contributed by atoms with Gasteiger partial charge in [0.2, 0.25) is 5.91 Å². The van der Waals surface area contributed by atoms with E-state index in [-0.39, 0.29) is 12.5 Å². The lowest BCUT2D eigenvalue weighted by Gasteiger charge is -2.40. The average Bonchev–Trinajstić information content (AvgIpc) is 2.44. The van der Waals surface area contributed by atoms with E-state index in [1.165, 1.54) is 4.90 Å². The predicted octanol–water partition coefficient (Wildman–Crippen LogP) is 0.0650. The number of nitrogens with two attached hydrogens (primary N) is 1. The molecule has 6 nitrogen and oxygen atoms in total. The van der Waals surface area contributed by atoms with Crippen LogP contribution in [0.25, 0.3) is 0 Å². The van der Waals surface area contributed by atoms with Crippen LogP contribution in [0, 0.1) is 0 Å². The molecule has 1 aromatic carbocycles. The van der Waals surface area contributed by atoms with Gasteiger partial charge in [-0.05, 0) is 44.5 Å². The molecule has 0 atom stereocenters. The Morgan fingerprint density at radius 1 is 1.29 bits per heavy atom. The standard InChI is InChI=1S/C15H19N3O3/c1-15(2)14(21)17-12(19)9-18(15)13(20)11-5-3-10(4-6-11)7-8-16/h3-6H,7-9,16H2,1-2H3,(H,17,19,21). The molecule has 0 bridgehead atoms. The third-order valence-electron chi connectivity index (χ3n) is 3.66. The zero-order chi connectivity index (χ0) is 15.6. The number of carbonyl (C=O) groups is 3. The molecule has 1 saturated heterocycles. The van der Waals surface area contributed by atoms with E-state index in [1.807, 2.05) is 12.1 Å². The third-order valence-corrected chi connectivity index (χ3v) is 3.66. The van der Waals surface area contributed by atoms with Crippen LogP contribution in [0.5, 0.6) is 0 Å². The summed E-state index contributed by atoms with van der Waals surface area (Å²) in [7, 11) is 0. The maximum atomic E-state index is 12.5. The maximum Gasteiger partial charge on any atom is 0.255 e. The number of carbonyl (C=O) groups excluding carboxylic acids is 3. The van der Waals surface area contributed by atoms with Gasteiger partial charge in [-0.15, -0.1) is 0 Å². The lowest BCUT2D eigenvalue weighted by molar-refractivity contribution is -0.143. The second-order valence-electron chi connectivity index (χ2n) is 5.56. The second kappa shape index (κ2) is 5.65. The first-order chi connectivity index (χ1) is 9.86. The predicted molar refractivity (Wildman–Crippen MR) is 77.5 cm³/mol. The van der Waals surface area contributed by atoms with Gasteiger partial charge < -0.3 is 10.6 Å². The summed E-state index contributed by atoms with van der Waals surface area (Å²) in [4.78, 5) is 37.2. The molecule has 1 aromatic rings. The van der Waals surface area contributed by atoms with Crippen LogP contribution < -0.4 is 11.1 Å². The molecule has 0 aromatic heterocycles. The molecule has 1 aliphatic heterocycles. The zero-order valence-electron chi connectivity index (χ0n) is 12.2. The number of hydrogen-bond donors (Lipinski definition) is 2. The van der Waals surface area contributed by atoms with Crippen molar-refractivity contribution in [1.29, 1.82) is 0 Å². The second-order valence-corrected chi connectivity index (χ2v) is 5.56. The number of amides is 3. The molecular formula is C15H19N3O3. The van der Waals surface area contributed by atoms with Crippen molar-refractivity contribution in [2.75, 3.05) is 13.1 Å². The Kier molecular flexibility index (Phi) is 4.09. The SMILES string of the molecule is CC1(C)C(=O)NC(=O)CN1C(=O)c1ccc(CCN)cc1. The molecule has 2 rings (SSSR count). The largest absolute Gasteiger partial charge is 0.330 e. The highest BCUT2D eigenvalue weighted by Gasteiger charge is 2.43. The van der Waals surface area contributed by atoms with Gasteiger partial charge in [0.25, 0.3) is 11.8 Å². The summed E-state index contributed by atoms with van der Waals surface area (Å²) in [6, 6.07) is 7.05. The summed E-state index contributed by atoms with van der Waals surface area (Å²) in [6.45, 7) is 3.66. The van der Waals surface area contributed by atoms with Crippen LogP contribution in [-0.4, -0.2) is 41.2 Å². The number of imide groups is 1. The Morgan fingerprint density at radius 3 is 2.48 bits per heavy atom. The van der Waals surface area contributed by atoms with Crippen LogP contribution in [0.15, 0.2) is 24.3 Å². The average molecular weight is 289 g/mol. The summed E-state index contributed by atoms with van der Waals surface area (Å²) >= 11 is 0. The van der Waals surface area contributed by atoms with Gasteiger partial charge in [0, 0.05) is 5.56 Å². The van der Waals surface area contributed by atoms with Gasteiger partial charge in [-0.3, -0.25) is 19.7 Å². The van der Waals surface area contributed by atoms with Crippen molar-refractivity contribution in [3.63, 3.8) is 0 Å². The fraction of sp³-hybridized carbons (Fsp3) is 0.400. The molecule has 1 heterocycles. The minimum Gasteiger partial charge on any atom is -0.330 e. The molecule has 0 radical (unpaired) electrons. The van der Waals surface area contributed by atoms with E-state index in [9.17, 15) is 14.4 Å². The summed E-state index contributed by atoms with van der Waals surface area (Å²) < 4.78 is 0. The smallest absolute Gasteiger partial charge is 0.255 e. The first-order valence-corrected chi connectivity index (χ1v) is 6.81. The number of benzene rings is 1.